The van der Waals surface area contributed by atoms with E-state index in [1.54, 1.807) is 6.07 Å². The summed E-state index contributed by atoms with van der Waals surface area (Å²) in [6.07, 6.45) is 0. The first-order valence-electron chi connectivity index (χ1n) is 6.18. The van der Waals surface area contributed by atoms with Gasteiger partial charge >= 0.3 is 5.97 Å². The first-order valence-corrected chi connectivity index (χ1v) is 6.62. The molecule has 0 saturated heterocycles. The molecule has 1 aliphatic heterocycles. The smallest absolute Gasteiger partial charge is 0.339 e. The van der Waals surface area contributed by atoms with Crippen molar-refractivity contribution in [2.24, 2.45) is 0 Å². The lowest BCUT2D eigenvalue weighted by molar-refractivity contribution is 0.0107. The predicted octanol–water partition coefficient (Wildman–Crippen LogP) is 3.73. The molecule has 2 nitrogen and oxygen atoms in total. The van der Waals surface area contributed by atoms with Crippen molar-refractivity contribution in [2.75, 3.05) is 0 Å². The van der Waals surface area contributed by atoms with E-state index in [0.29, 0.717) is 5.56 Å². The van der Waals surface area contributed by atoms with Gasteiger partial charge in [-0.15, -0.1) is 11.6 Å². The van der Waals surface area contributed by atoms with Crippen LogP contribution in [0.25, 0.3) is 0 Å². The molecule has 96 valence electrons. The Morgan fingerprint density at radius 2 is 1.68 bits per heavy atom. The van der Waals surface area contributed by atoms with Crippen LogP contribution < -0.4 is 0 Å². The second-order valence-electron chi connectivity index (χ2n) is 4.65. The second-order valence-corrected chi connectivity index (χ2v) is 5.31. The first-order chi connectivity index (χ1) is 9.16. The number of fused-ring (bicyclic) bond motifs is 1. The van der Waals surface area contributed by atoms with Gasteiger partial charge in [-0.05, 0) is 13.0 Å². The first kappa shape index (κ1) is 12.2. The standard InChI is InChI=1S/C16H13ClO2/c1-11(17)16(12-7-3-2-4-8-12)14-10-6-5-9-13(14)15(18)19-16/h2-11H,1H3. The van der Waals surface area contributed by atoms with Crippen molar-refractivity contribution in [2.45, 2.75) is 17.9 Å². The molecule has 0 bridgehead atoms. The zero-order valence-electron chi connectivity index (χ0n) is 10.5. The van der Waals surface area contributed by atoms with Crippen LogP contribution in [-0.4, -0.2) is 11.3 Å². The molecule has 2 atom stereocenters. The summed E-state index contributed by atoms with van der Waals surface area (Å²) in [5.74, 6) is -0.313. The highest BCUT2D eigenvalue weighted by molar-refractivity contribution is 6.22. The summed E-state index contributed by atoms with van der Waals surface area (Å²) in [6.45, 7) is 1.85. The number of halogens is 1. The van der Waals surface area contributed by atoms with Gasteiger partial charge in [0.25, 0.3) is 0 Å². The quantitative estimate of drug-likeness (QED) is 0.615. The summed E-state index contributed by atoms with van der Waals surface area (Å²) >= 11 is 6.39. The molecular weight excluding hydrogens is 260 g/mol. The van der Waals surface area contributed by atoms with Crippen LogP contribution in [0.1, 0.15) is 28.4 Å². The molecule has 2 aromatic carbocycles. The van der Waals surface area contributed by atoms with E-state index in [1.165, 1.54) is 0 Å². The molecule has 2 aromatic rings. The average Bonchev–Trinajstić information content (AvgIpc) is 2.75. The van der Waals surface area contributed by atoms with Crippen molar-refractivity contribution < 1.29 is 9.53 Å². The van der Waals surface area contributed by atoms with Crippen molar-refractivity contribution in [1.82, 2.24) is 0 Å². The number of alkyl halides is 1. The molecule has 0 aromatic heterocycles. The Hall–Kier alpha value is -1.80. The maximum Gasteiger partial charge on any atom is 0.339 e. The molecule has 0 radical (unpaired) electrons. The monoisotopic (exact) mass is 272 g/mol. The minimum Gasteiger partial charge on any atom is -0.444 e. The third kappa shape index (κ3) is 1.67. The summed E-state index contributed by atoms with van der Waals surface area (Å²) in [7, 11) is 0. The maximum atomic E-state index is 12.1. The number of hydrogen-bond donors (Lipinski definition) is 0. The van der Waals surface area contributed by atoms with Crippen molar-refractivity contribution >= 4 is 17.6 Å². The minimum atomic E-state index is -0.892. The zero-order chi connectivity index (χ0) is 13.5. The van der Waals surface area contributed by atoms with Crippen LogP contribution in [0.15, 0.2) is 54.6 Å². The lowest BCUT2D eigenvalue weighted by Gasteiger charge is -2.32. The van der Waals surface area contributed by atoms with E-state index >= 15 is 0 Å². The molecule has 0 spiro atoms. The molecule has 0 N–H and O–H groups in total. The van der Waals surface area contributed by atoms with Gasteiger partial charge in [0, 0.05) is 11.1 Å². The number of carbonyl (C=O) groups is 1. The molecule has 2 unspecified atom stereocenters. The lowest BCUT2D eigenvalue weighted by atomic mass is 9.83. The predicted molar refractivity (Wildman–Crippen MR) is 74.4 cm³/mol. The van der Waals surface area contributed by atoms with Crippen molar-refractivity contribution in [1.29, 1.82) is 0 Å². The van der Waals surface area contributed by atoms with E-state index in [1.807, 2.05) is 55.5 Å². The molecule has 0 amide bonds. The maximum absolute atomic E-state index is 12.1. The van der Waals surface area contributed by atoms with Crippen LogP contribution in [0.5, 0.6) is 0 Å². The largest absolute Gasteiger partial charge is 0.444 e. The molecule has 19 heavy (non-hydrogen) atoms. The average molecular weight is 273 g/mol. The van der Waals surface area contributed by atoms with Gasteiger partial charge in [0.15, 0.2) is 5.60 Å². The molecule has 1 aliphatic rings. The third-order valence-corrected chi connectivity index (χ3v) is 3.87. The van der Waals surface area contributed by atoms with Gasteiger partial charge < -0.3 is 4.74 Å². The fraction of sp³-hybridized carbons (Fsp3) is 0.188. The summed E-state index contributed by atoms with van der Waals surface area (Å²) in [5.41, 5.74) is 1.44. The van der Waals surface area contributed by atoms with E-state index in [-0.39, 0.29) is 11.3 Å². The number of hydrogen-bond acceptors (Lipinski definition) is 2. The summed E-state index contributed by atoms with van der Waals surface area (Å²) in [4.78, 5) is 12.1. The van der Waals surface area contributed by atoms with Crippen molar-refractivity contribution in [3.05, 3.63) is 71.3 Å². The summed E-state index contributed by atoms with van der Waals surface area (Å²) in [5, 5.41) is -0.359. The van der Waals surface area contributed by atoms with Crippen molar-refractivity contribution in [3.8, 4) is 0 Å². The fourth-order valence-corrected chi connectivity index (χ4v) is 2.95. The van der Waals surface area contributed by atoms with Gasteiger partial charge in [0.05, 0.1) is 10.9 Å². The molecule has 3 heteroatoms. The van der Waals surface area contributed by atoms with Crippen LogP contribution in [0.4, 0.5) is 0 Å². The van der Waals surface area contributed by atoms with Gasteiger partial charge in [0.1, 0.15) is 0 Å². The van der Waals surface area contributed by atoms with E-state index in [2.05, 4.69) is 0 Å². The van der Waals surface area contributed by atoms with Gasteiger partial charge in [-0.25, -0.2) is 4.79 Å². The number of benzene rings is 2. The Morgan fingerprint density at radius 1 is 1.05 bits per heavy atom. The van der Waals surface area contributed by atoms with Gasteiger partial charge in [-0.3, -0.25) is 0 Å². The topological polar surface area (TPSA) is 26.3 Å². The van der Waals surface area contributed by atoms with Gasteiger partial charge in [0.2, 0.25) is 0 Å². The van der Waals surface area contributed by atoms with Gasteiger partial charge in [-0.1, -0.05) is 48.5 Å². The van der Waals surface area contributed by atoms with E-state index in [9.17, 15) is 4.79 Å². The Morgan fingerprint density at radius 3 is 2.37 bits per heavy atom. The molecule has 0 fully saturated rings. The summed E-state index contributed by atoms with van der Waals surface area (Å²) < 4.78 is 5.70. The Bertz CT molecular complexity index is 622. The Labute approximate surface area is 117 Å². The lowest BCUT2D eigenvalue weighted by Crippen LogP contribution is -2.36. The number of esters is 1. The molecule has 0 saturated carbocycles. The van der Waals surface area contributed by atoms with Crippen molar-refractivity contribution in [3.63, 3.8) is 0 Å². The normalized spacial score (nSPS) is 22.7. The highest BCUT2D eigenvalue weighted by Crippen LogP contribution is 2.46. The zero-order valence-corrected chi connectivity index (χ0v) is 11.2. The fourth-order valence-electron chi connectivity index (χ4n) is 2.67. The van der Waals surface area contributed by atoms with Crippen LogP contribution in [-0.2, 0) is 10.3 Å². The highest BCUT2D eigenvalue weighted by atomic mass is 35.5. The number of carbonyl (C=O) groups excluding carboxylic acids is 1. The number of cyclic esters (lactones) is 1. The van der Waals surface area contributed by atoms with E-state index < -0.39 is 5.60 Å². The number of ether oxygens (including phenoxy) is 1. The van der Waals surface area contributed by atoms with E-state index in [0.717, 1.165) is 11.1 Å². The van der Waals surface area contributed by atoms with E-state index in [4.69, 9.17) is 16.3 Å². The van der Waals surface area contributed by atoms with Crippen LogP contribution in [0.2, 0.25) is 0 Å². The van der Waals surface area contributed by atoms with Crippen LogP contribution in [0, 0.1) is 0 Å². The number of rotatable bonds is 2. The van der Waals surface area contributed by atoms with Crippen LogP contribution >= 0.6 is 11.6 Å². The second kappa shape index (κ2) is 4.39. The molecule has 3 rings (SSSR count). The Kier molecular flexibility index (Phi) is 2.83. The minimum absolute atomic E-state index is 0.313. The molecular formula is C16H13ClO2. The highest BCUT2D eigenvalue weighted by Gasteiger charge is 2.50. The Balaban J connectivity index is 2.28. The molecule has 0 aliphatic carbocycles. The SMILES string of the molecule is CC(Cl)C1(c2ccccc2)OC(=O)c2ccccc21. The van der Waals surface area contributed by atoms with Gasteiger partial charge in [-0.2, -0.15) is 0 Å². The molecule has 1 heterocycles. The third-order valence-electron chi connectivity index (χ3n) is 3.56. The summed E-state index contributed by atoms with van der Waals surface area (Å²) in [6, 6.07) is 17.1. The van der Waals surface area contributed by atoms with Crippen LogP contribution in [0.3, 0.4) is 0 Å².